The van der Waals surface area contributed by atoms with E-state index in [0.717, 1.165) is 23.0 Å². The number of thiocarbonyl (C=S) groups is 1. The second kappa shape index (κ2) is 7.40. The van der Waals surface area contributed by atoms with Crippen molar-refractivity contribution >= 4 is 23.0 Å². The minimum atomic E-state index is 0.000749. The molecule has 0 aliphatic carbocycles. The van der Waals surface area contributed by atoms with Crippen molar-refractivity contribution in [1.82, 2.24) is 14.9 Å². The third kappa shape index (κ3) is 3.10. The molecule has 2 atom stereocenters. The summed E-state index contributed by atoms with van der Waals surface area (Å²) in [5.74, 6) is 0. The quantitative estimate of drug-likeness (QED) is 0.635. The normalized spacial score (nSPS) is 19.1. The van der Waals surface area contributed by atoms with Crippen LogP contribution in [0.3, 0.4) is 0 Å². The molecule has 4 rings (SSSR count). The van der Waals surface area contributed by atoms with Crippen LogP contribution in [0.4, 0.5) is 5.69 Å². The fourth-order valence-electron chi connectivity index (χ4n) is 4.27. The van der Waals surface area contributed by atoms with E-state index in [4.69, 9.17) is 12.2 Å². The van der Waals surface area contributed by atoms with E-state index in [1.165, 1.54) is 22.5 Å². The number of hydrogen-bond acceptors (Lipinski definition) is 2. The number of benzene rings is 1. The van der Waals surface area contributed by atoms with Crippen molar-refractivity contribution in [3.05, 3.63) is 82.9 Å². The van der Waals surface area contributed by atoms with Gasteiger partial charge in [-0.15, -0.1) is 0 Å². The smallest absolute Gasteiger partial charge is 0.174 e. The van der Waals surface area contributed by atoms with Gasteiger partial charge < -0.3 is 14.8 Å². The molecule has 1 aromatic carbocycles. The summed E-state index contributed by atoms with van der Waals surface area (Å²) in [5, 5.41) is 4.28. The maximum absolute atomic E-state index is 5.80. The summed E-state index contributed by atoms with van der Waals surface area (Å²) in [6.45, 7) is 9.63. The monoisotopic (exact) mass is 390 g/mol. The van der Waals surface area contributed by atoms with Crippen molar-refractivity contribution in [3.63, 3.8) is 0 Å². The third-order valence-corrected chi connectivity index (χ3v) is 5.97. The van der Waals surface area contributed by atoms with E-state index in [2.05, 4.69) is 83.9 Å². The lowest BCUT2D eigenvalue weighted by Gasteiger charge is -2.28. The second-order valence-electron chi connectivity index (χ2n) is 7.40. The fraction of sp³-hybridized carbons (Fsp3) is 0.304. The summed E-state index contributed by atoms with van der Waals surface area (Å²) < 4.78 is 2.36. The Kier molecular flexibility index (Phi) is 4.94. The first-order valence-electron chi connectivity index (χ1n) is 9.75. The van der Waals surface area contributed by atoms with Gasteiger partial charge in [0, 0.05) is 29.8 Å². The summed E-state index contributed by atoms with van der Waals surface area (Å²) in [4.78, 5) is 6.88. The number of pyridine rings is 1. The van der Waals surface area contributed by atoms with Gasteiger partial charge in [0.2, 0.25) is 0 Å². The second-order valence-corrected chi connectivity index (χ2v) is 7.79. The highest BCUT2D eigenvalue weighted by atomic mass is 32.1. The summed E-state index contributed by atoms with van der Waals surface area (Å²) in [7, 11) is 0. The van der Waals surface area contributed by atoms with E-state index in [0.29, 0.717) is 0 Å². The minimum Gasteiger partial charge on any atom is -0.351 e. The number of anilines is 1. The zero-order chi connectivity index (χ0) is 19.8. The molecule has 3 aromatic rings. The van der Waals surface area contributed by atoms with Gasteiger partial charge in [-0.05, 0) is 75.8 Å². The Morgan fingerprint density at radius 3 is 2.43 bits per heavy atom. The van der Waals surface area contributed by atoms with Gasteiger partial charge in [0.15, 0.2) is 5.11 Å². The van der Waals surface area contributed by atoms with Crippen LogP contribution < -0.4 is 10.2 Å². The highest BCUT2D eigenvalue weighted by molar-refractivity contribution is 7.80. The molecule has 4 nitrogen and oxygen atoms in total. The van der Waals surface area contributed by atoms with Gasteiger partial charge in [0.25, 0.3) is 0 Å². The lowest BCUT2D eigenvalue weighted by atomic mass is 9.96. The van der Waals surface area contributed by atoms with Gasteiger partial charge in [0.1, 0.15) is 0 Å². The van der Waals surface area contributed by atoms with Gasteiger partial charge in [-0.3, -0.25) is 4.98 Å². The Morgan fingerprint density at radius 2 is 1.82 bits per heavy atom. The molecule has 3 heterocycles. The first kappa shape index (κ1) is 18.7. The average Bonchev–Trinajstić information content (AvgIpc) is 3.18. The maximum Gasteiger partial charge on any atom is 0.174 e. The van der Waals surface area contributed by atoms with Crippen LogP contribution in [-0.4, -0.2) is 14.7 Å². The molecule has 0 amide bonds. The molecule has 0 radical (unpaired) electrons. The van der Waals surface area contributed by atoms with Gasteiger partial charge >= 0.3 is 0 Å². The lowest BCUT2D eigenvalue weighted by Crippen LogP contribution is -2.29. The highest BCUT2D eigenvalue weighted by Crippen LogP contribution is 2.43. The molecule has 1 fully saturated rings. The standard InChI is InChI=1S/C23H26N4S/c1-5-26-16(3)14-19(17(26)4)22-21(20-8-6-7-13-24-20)25-23(28)27(22)18-11-9-15(2)10-12-18/h6-14,21-22H,5H2,1-4H3,(H,25,28)/t21-,22-/m0/s1. The zero-order valence-electron chi connectivity index (χ0n) is 16.8. The van der Waals surface area contributed by atoms with Crippen molar-refractivity contribution in [3.8, 4) is 0 Å². The Hall–Kier alpha value is -2.66. The van der Waals surface area contributed by atoms with Gasteiger partial charge in [0.05, 0.1) is 17.8 Å². The topological polar surface area (TPSA) is 33.1 Å². The van der Waals surface area contributed by atoms with Crippen LogP contribution in [0.15, 0.2) is 54.7 Å². The lowest BCUT2D eigenvalue weighted by molar-refractivity contribution is 0.563. The number of nitrogens with zero attached hydrogens (tertiary/aromatic N) is 3. The van der Waals surface area contributed by atoms with E-state index in [1.54, 1.807) is 0 Å². The van der Waals surface area contributed by atoms with E-state index >= 15 is 0 Å². The predicted molar refractivity (Wildman–Crippen MR) is 119 cm³/mol. The van der Waals surface area contributed by atoms with Crippen molar-refractivity contribution in [2.75, 3.05) is 4.90 Å². The Morgan fingerprint density at radius 1 is 1.07 bits per heavy atom. The molecule has 5 heteroatoms. The van der Waals surface area contributed by atoms with Crippen molar-refractivity contribution < 1.29 is 0 Å². The Bertz CT molecular complexity index is 991. The molecule has 28 heavy (non-hydrogen) atoms. The van der Waals surface area contributed by atoms with Crippen LogP contribution >= 0.6 is 12.2 Å². The van der Waals surface area contributed by atoms with E-state index in [-0.39, 0.29) is 12.1 Å². The molecule has 0 unspecified atom stereocenters. The molecule has 1 aliphatic rings. The Labute approximate surface area is 172 Å². The van der Waals surface area contributed by atoms with E-state index in [1.807, 2.05) is 18.3 Å². The minimum absolute atomic E-state index is 0.000749. The molecule has 1 aliphatic heterocycles. The number of nitrogens with one attached hydrogen (secondary N) is 1. The molecule has 0 saturated carbocycles. The third-order valence-electron chi connectivity index (χ3n) is 5.66. The van der Waals surface area contributed by atoms with Crippen LogP contribution in [-0.2, 0) is 6.54 Å². The zero-order valence-corrected chi connectivity index (χ0v) is 17.6. The molecular weight excluding hydrogens is 364 g/mol. The van der Waals surface area contributed by atoms with Crippen molar-refractivity contribution in [2.45, 2.75) is 46.3 Å². The highest BCUT2D eigenvalue weighted by Gasteiger charge is 2.42. The van der Waals surface area contributed by atoms with Crippen LogP contribution in [0.25, 0.3) is 0 Å². The Balaban J connectivity index is 1.88. The van der Waals surface area contributed by atoms with Crippen molar-refractivity contribution in [2.24, 2.45) is 0 Å². The molecule has 1 saturated heterocycles. The van der Waals surface area contributed by atoms with Crippen LogP contribution in [0.1, 0.15) is 47.2 Å². The largest absolute Gasteiger partial charge is 0.351 e. The van der Waals surface area contributed by atoms with Gasteiger partial charge in [-0.1, -0.05) is 23.8 Å². The first-order chi connectivity index (χ1) is 13.5. The van der Waals surface area contributed by atoms with E-state index < -0.39 is 0 Å². The first-order valence-corrected chi connectivity index (χ1v) is 10.2. The van der Waals surface area contributed by atoms with Crippen LogP contribution in [0, 0.1) is 20.8 Å². The molecule has 2 aromatic heterocycles. The SMILES string of the molecule is CCn1c(C)cc([C@H]2[C@H](c3ccccn3)NC(=S)N2c2ccc(C)cc2)c1C. The number of rotatable bonds is 4. The molecule has 144 valence electrons. The van der Waals surface area contributed by atoms with E-state index in [9.17, 15) is 0 Å². The summed E-state index contributed by atoms with van der Waals surface area (Å²) >= 11 is 5.80. The maximum atomic E-state index is 5.80. The average molecular weight is 391 g/mol. The fourth-order valence-corrected chi connectivity index (χ4v) is 4.61. The van der Waals surface area contributed by atoms with Gasteiger partial charge in [-0.2, -0.15) is 0 Å². The summed E-state index contributed by atoms with van der Waals surface area (Å²) in [6, 6.07) is 17.0. The van der Waals surface area contributed by atoms with Crippen molar-refractivity contribution in [1.29, 1.82) is 0 Å². The molecule has 0 bridgehead atoms. The molecule has 1 N–H and O–H groups in total. The molecular formula is C23H26N4S. The number of aromatic nitrogens is 2. The molecule has 0 spiro atoms. The van der Waals surface area contributed by atoms with Crippen LogP contribution in [0.5, 0.6) is 0 Å². The number of hydrogen-bond donors (Lipinski definition) is 1. The summed E-state index contributed by atoms with van der Waals surface area (Å²) in [5.41, 5.74) is 7.20. The number of aryl methyl sites for hydroxylation is 2. The van der Waals surface area contributed by atoms with Gasteiger partial charge in [-0.25, -0.2) is 0 Å². The predicted octanol–water partition coefficient (Wildman–Crippen LogP) is 5.01. The summed E-state index contributed by atoms with van der Waals surface area (Å²) in [6.07, 6.45) is 1.85. The van der Waals surface area contributed by atoms with Crippen LogP contribution in [0.2, 0.25) is 0 Å².